The van der Waals surface area contributed by atoms with Gasteiger partial charge in [-0.05, 0) is 19.1 Å². The minimum Gasteiger partial charge on any atom is -0.396 e. The van der Waals surface area contributed by atoms with Crippen LogP contribution in [0.2, 0.25) is 0 Å². The highest BCUT2D eigenvalue weighted by molar-refractivity contribution is 8.01. The lowest BCUT2D eigenvalue weighted by Gasteiger charge is -2.24. The van der Waals surface area contributed by atoms with Gasteiger partial charge in [-0.1, -0.05) is 17.7 Å². The van der Waals surface area contributed by atoms with E-state index in [1.807, 2.05) is 19.1 Å². The Morgan fingerprint density at radius 1 is 1.35 bits per heavy atom. The van der Waals surface area contributed by atoms with Gasteiger partial charge in [0.05, 0.1) is 18.7 Å². The Kier molecular flexibility index (Phi) is 4.47. The number of carbonyl (C=O) groups is 2. The van der Waals surface area contributed by atoms with Crippen LogP contribution in [0.15, 0.2) is 24.3 Å². The molecule has 2 rings (SSSR count). The predicted molar refractivity (Wildman–Crippen MR) is 77.6 cm³/mol. The van der Waals surface area contributed by atoms with Crippen LogP contribution in [0.1, 0.15) is 12.0 Å². The Balaban J connectivity index is 2.30. The van der Waals surface area contributed by atoms with E-state index in [1.165, 1.54) is 7.11 Å². The molecule has 5 nitrogen and oxygen atoms in total. The highest BCUT2D eigenvalue weighted by Gasteiger charge is 2.53. The average molecular weight is 295 g/mol. The first-order valence-electron chi connectivity index (χ1n) is 6.28. The molecular formula is C14H17NO4S. The summed E-state index contributed by atoms with van der Waals surface area (Å²) < 4.78 is 5.30. The number of hydrogen-bond acceptors (Lipinski definition) is 5. The van der Waals surface area contributed by atoms with Gasteiger partial charge in [-0.2, -0.15) is 0 Å². The molecule has 0 spiro atoms. The molecule has 0 radical (unpaired) electrons. The summed E-state index contributed by atoms with van der Waals surface area (Å²) in [5.41, 5.74) is 1.61. The fraction of sp³-hybridized carbons (Fsp3) is 0.429. The van der Waals surface area contributed by atoms with Crippen molar-refractivity contribution in [3.8, 4) is 0 Å². The summed E-state index contributed by atoms with van der Waals surface area (Å²) in [7, 11) is 1.41. The summed E-state index contributed by atoms with van der Waals surface area (Å²) in [6, 6.07) is 7.19. The number of carbonyl (C=O) groups excluding carboxylic acids is 2. The van der Waals surface area contributed by atoms with Crippen molar-refractivity contribution < 1.29 is 19.4 Å². The predicted octanol–water partition coefficient (Wildman–Crippen LogP) is 1.33. The number of anilines is 1. The van der Waals surface area contributed by atoms with Gasteiger partial charge in [0, 0.05) is 12.9 Å². The van der Waals surface area contributed by atoms with Crippen molar-refractivity contribution in [2.45, 2.75) is 18.3 Å². The standard InChI is InChI=1S/C14H17NO4S/c1-10-3-5-11(6-4-10)15-12(17)9-14(19-2,13(15)18)20-8-7-16/h3-6,16H,7-9H2,1-2H3. The van der Waals surface area contributed by atoms with Crippen LogP contribution in [0.25, 0.3) is 0 Å². The number of ether oxygens (including phenoxy) is 1. The van der Waals surface area contributed by atoms with Crippen molar-refractivity contribution in [2.75, 3.05) is 24.4 Å². The van der Waals surface area contributed by atoms with Crippen LogP contribution in [0.5, 0.6) is 0 Å². The summed E-state index contributed by atoms with van der Waals surface area (Å²) in [6.45, 7) is 1.87. The summed E-state index contributed by atoms with van der Waals surface area (Å²) in [6.07, 6.45) is -0.0130. The zero-order valence-corrected chi connectivity index (χ0v) is 12.3. The fourth-order valence-corrected chi connectivity index (χ4v) is 3.11. The monoisotopic (exact) mass is 295 g/mol. The van der Waals surface area contributed by atoms with E-state index in [4.69, 9.17) is 9.84 Å². The lowest BCUT2D eigenvalue weighted by molar-refractivity contribution is -0.128. The third-order valence-corrected chi connectivity index (χ3v) is 4.55. The molecular weight excluding hydrogens is 278 g/mol. The number of amides is 2. The Hall–Kier alpha value is -1.37. The van der Waals surface area contributed by atoms with Crippen LogP contribution in [-0.4, -0.2) is 41.3 Å². The molecule has 20 heavy (non-hydrogen) atoms. The van der Waals surface area contributed by atoms with Gasteiger partial charge in [0.15, 0.2) is 0 Å². The number of nitrogens with zero attached hydrogens (tertiary/aromatic N) is 1. The maximum Gasteiger partial charge on any atom is 0.277 e. The second kappa shape index (κ2) is 5.95. The van der Waals surface area contributed by atoms with Crippen LogP contribution in [0, 0.1) is 6.92 Å². The highest BCUT2D eigenvalue weighted by Crippen LogP contribution is 2.39. The molecule has 0 aromatic heterocycles. The second-order valence-electron chi connectivity index (χ2n) is 4.58. The molecule has 2 amide bonds. The van der Waals surface area contributed by atoms with Crippen molar-refractivity contribution in [1.29, 1.82) is 0 Å². The van der Waals surface area contributed by atoms with E-state index in [0.717, 1.165) is 22.2 Å². The summed E-state index contributed by atoms with van der Waals surface area (Å²) in [5.74, 6) is -0.326. The zero-order valence-electron chi connectivity index (χ0n) is 11.5. The normalized spacial score (nSPS) is 22.6. The number of imide groups is 1. The van der Waals surface area contributed by atoms with Gasteiger partial charge in [0.2, 0.25) is 10.8 Å². The molecule has 1 fully saturated rings. The van der Waals surface area contributed by atoms with Crippen LogP contribution in [-0.2, 0) is 14.3 Å². The molecule has 1 saturated heterocycles. The molecule has 1 aromatic rings. The minimum absolute atomic E-state index is 0.0130. The van der Waals surface area contributed by atoms with Gasteiger partial charge < -0.3 is 9.84 Å². The first-order valence-corrected chi connectivity index (χ1v) is 7.26. The Labute approximate surface area is 121 Å². The quantitative estimate of drug-likeness (QED) is 0.655. The second-order valence-corrected chi connectivity index (χ2v) is 5.93. The van der Waals surface area contributed by atoms with Gasteiger partial charge in [0.25, 0.3) is 5.91 Å². The fourth-order valence-electron chi connectivity index (χ4n) is 2.13. The summed E-state index contributed by atoms with van der Waals surface area (Å²) in [4.78, 5) is 24.6. The van der Waals surface area contributed by atoms with E-state index < -0.39 is 4.93 Å². The molecule has 1 aliphatic rings. The molecule has 1 aliphatic heterocycles. The maximum atomic E-state index is 12.5. The van der Waals surface area contributed by atoms with Gasteiger partial charge in [-0.25, -0.2) is 4.90 Å². The number of aliphatic hydroxyl groups excluding tert-OH is 1. The molecule has 0 bridgehead atoms. The first kappa shape index (κ1) is 15.0. The maximum absolute atomic E-state index is 12.5. The van der Waals surface area contributed by atoms with E-state index in [0.29, 0.717) is 11.4 Å². The van der Waals surface area contributed by atoms with Gasteiger partial charge in [-0.3, -0.25) is 9.59 Å². The van der Waals surface area contributed by atoms with Crippen molar-refractivity contribution in [3.05, 3.63) is 29.8 Å². The van der Waals surface area contributed by atoms with E-state index in [9.17, 15) is 9.59 Å². The van der Waals surface area contributed by atoms with E-state index >= 15 is 0 Å². The molecule has 1 N–H and O–H groups in total. The van der Waals surface area contributed by atoms with Crippen LogP contribution >= 0.6 is 11.8 Å². The summed E-state index contributed by atoms with van der Waals surface area (Å²) in [5, 5.41) is 8.92. The molecule has 1 aromatic carbocycles. The largest absolute Gasteiger partial charge is 0.396 e. The Morgan fingerprint density at radius 2 is 2.00 bits per heavy atom. The van der Waals surface area contributed by atoms with Crippen molar-refractivity contribution in [2.24, 2.45) is 0 Å². The number of rotatable bonds is 5. The third-order valence-electron chi connectivity index (χ3n) is 3.21. The number of benzene rings is 1. The smallest absolute Gasteiger partial charge is 0.277 e. The number of thioether (sulfide) groups is 1. The molecule has 1 atom stereocenters. The zero-order chi connectivity index (χ0) is 14.8. The van der Waals surface area contributed by atoms with Crippen molar-refractivity contribution in [3.63, 3.8) is 0 Å². The number of aryl methyl sites for hydroxylation is 1. The Bertz CT molecular complexity index is 516. The lowest BCUT2D eigenvalue weighted by Crippen LogP contribution is -2.40. The number of aliphatic hydroxyl groups is 1. The van der Waals surface area contributed by atoms with Gasteiger partial charge in [-0.15, -0.1) is 11.8 Å². The summed E-state index contributed by atoms with van der Waals surface area (Å²) >= 11 is 1.16. The lowest BCUT2D eigenvalue weighted by atomic mass is 10.2. The number of hydrogen-bond donors (Lipinski definition) is 1. The molecule has 108 valence electrons. The molecule has 0 saturated carbocycles. The highest BCUT2D eigenvalue weighted by atomic mass is 32.2. The Morgan fingerprint density at radius 3 is 2.55 bits per heavy atom. The topological polar surface area (TPSA) is 66.8 Å². The molecule has 1 heterocycles. The molecule has 0 aliphatic carbocycles. The third kappa shape index (κ3) is 2.59. The van der Waals surface area contributed by atoms with Crippen LogP contribution in [0.4, 0.5) is 5.69 Å². The van der Waals surface area contributed by atoms with E-state index in [2.05, 4.69) is 0 Å². The van der Waals surface area contributed by atoms with Crippen molar-refractivity contribution in [1.82, 2.24) is 0 Å². The van der Waals surface area contributed by atoms with Crippen molar-refractivity contribution >= 4 is 29.3 Å². The molecule has 6 heteroatoms. The first-order chi connectivity index (χ1) is 9.54. The average Bonchev–Trinajstić information content (AvgIpc) is 2.70. The minimum atomic E-state index is -1.22. The van der Waals surface area contributed by atoms with Gasteiger partial charge >= 0.3 is 0 Å². The van der Waals surface area contributed by atoms with Gasteiger partial charge in [0.1, 0.15) is 0 Å². The molecule has 1 unspecified atom stereocenters. The SMILES string of the molecule is COC1(SCCO)CC(=O)N(c2ccc(C)cc2)C1=O. The number of methoxy groups -OCH3 is 1. The van der Waals surface area contributed by atoms with E-state index in [1.54, 1.807) is 12.1 Å². The van der Waals surface area contributed by atoms with Crippen LogP contribution in [0.3, 0.4) is 0 Å². The van der Waals surface area contributed by atoms with Crippen LogP contribution < -0.4 is 4.90 Å². The van der Waals surface area contributed by atoms with E-state index in [-0.39, 0.29) is 24.8 Å².